The highest BCUT2D eigenvalue weighted by molar-refractivity contribution is 6.00. The number of hydrogen-bond acceptors (Lipinski definition) is 18. The molecule has 2 aliphatic rings. The van der Waals surface area contributed by atoms with Crippen LogP contribution >= 0.6 is 0 Å². The molecule has 91 heavy (non-hydrogen) atoms. The number of ether oxygens (including phenoxy) is 7. The smallest absolute Gasteiger partial charge is 0.329 e. The second-order valence-corrected chi connectivity index (χ2v) is 26.3. The van der Waals surface area contributed by atoms with E-state index in [9.17, 15) is 52.7 Å². The molecule has 1 aromatic carbocycles. The van der Waals surface area contributed by atoms with Crippen molar-refractivity contribution in [1.82, 2.24) is 21.3 Å². The van der Waals surface area contributed by atoms with Gasteiger partial charge in [0.25, 0.3) is 0 Å². The van der Waals surface area contributed by atoms with E-state index in [2.05, 4.69) is 35.1 Å². The first-order valence-electron chi connectivity index (χ1n) is 33.7. The van der Waals surface area contributed by atoms with Crippen molar-refractivity contribution in [1.29, 1.82) is 0 Å². The Morgan fingerprint density at radius 2 is 0.945 bits per heavy atom. The summed E-state index contributed by atoms with van der Waals surface area (Å²) in [6.45, 7) is 19.6. The van der Waals surface area contributed by atoms with Crippen LogP contribution in [0.1, 0.15) is 222 Å². The van der Waals surface area contributed by atoms with Gasteiger partial charge in [-0.15, -0.1) is 0 Å². The fourth-order valence-electron chi connectivity index (χ4n) is 11.1. The van der Waals surface area contributed by atoms with E-state index in [1.165, 1.54) is 0 Å². The molecule has 2 aliphatic heterocycles. The number of rotatable bonds is 48. The number of Topliss-reactive ketones (excluding diaryl/α,β-unsaturated/α-hetero) is 2. The van der Waals surface area contributed by atoms with Gasteiger partial charge in [-0.1, -0.05) is 118 Å². The van der Waals surface area contributed by atoms with Crippen LogP contribution in [-0.4, -0.2) is 141 Å². The molecule has 2 saturated heterocycles. The van der Waals surface area contributed by atoms with Crippen molar-refractivity contribution >= 4 is 65.0 Å². The van der Waals surface area contributed by atoms with Crippen LogP contribution in [0.25, 0.3) is 0 Å². The molecule has 2 heterocycles. The van der Waals surface area contributed by atoms with Gasteiger partial charge in [0.1, 0.15) is 61.3 Å². The first-order valence-corrected chi connectivity index (χ1v) is 33.7. The van der Waals surface area contributed by atoms with Gasteiger partial charge < -0.3 is 59.2 Å². The Kier molecular flexibility index (Phi) is 38.4. The summed E-state index contributed by atoms with van der Waals surface area (Å²) in [5, 5.41) is 10.5. The molecule has 4 amide bonds. The summed E-state index contributed by atoms with van der Waals surface area (Å²) in [6.07, 6.45) is 7.95. The molecule has 514 valence electrons. The zero-order valence-electron chi connectivity index (χ0n) is 56.2. The zero-order valence-corrected chi connectivity index (χ0v) is 56.2. The Bertz CT molecular complexity index is 2420. The minimum Gasteiger partial charge on any atom is -0.465 e. The topological polar surface area (TPSA) is 300 Å². The molecule has 0 aromatic heterocycles. The average Bonchev–Trinajstić information content (AvgIpc) is 1.67. The van der Waals surface area contributed by atoms with E-state index in [0.717, 1.165) is 64.2 Å². The third kappa shape index (κ3) is 33.7. The molecule has 0 aliphatic carbocycles. The van der Waals surface area contributed by atoms with Crippen molar-refractivity contribution in [2.24, 2.45) is 35.5 Å². The molecule has 0 spiro atoms. The highest BCUT2D eigenvalue weighted by Crippen LogP contribution is 2.33. The third-order valence-electron chi connectivity index (χ3n) is 15.8. The second-order valence-electron chi connectivity index (χ2n) is 26.3. The van der Waals surface area contributed by atoms with E-state index in [0.29, 0.717) is 69.5 Å². The van der Waals surface area contributed by atoms with Gasteiger partial charge in [0, 0.05) is 25.8 Å². The Labute approximate surface area is 540 Å². The lowest BCUT2D eigenvalue weighted by atomic mass is 9.91. The molecule has 9 unspecified atom stereocenters. The number of carbonyl (C=O) groups is 11. The molecule has 2 fully saturated rings. The number of hydrogen-bond donors (Lipinski definition) is 4. The predicted molar refractivity (Wildman–Crippen MR) is 340 cm³/mol. The second kappa shape index (κ2) is 44.3. The van der Waals surface area contributed by atoms with Crippen LogP contribution in [0.2, 0.25) is 0 Å². The van der Waals surface area contributed by atoms with Crippen molar-refractivity contribution in [2.75, 3.05) is 33.0 Å². The van der Waals surface area contributed by atoms with E-state index in [-0.39, 0.29) is 93.4 Å². The fraction of sp³-hybridized carbons (Fsp3) is 0.754. The molecular weight excluding hydrogens is 1170 g/mol. The van der Waals surface area contributed by atoms with Gasteiger partial charge in [0.2, 0.25) is 23.6 Å². The van der Waals surface area contributed by atoms with Crippen molar-refractivity contribution in [3.63, 3.8) is 0 Å². The van der Waals surface area contributed by atoms with Gasteiger partial charge in [-0.25, -0.2) is 14.4 Å². The monoisotopic (exact) mass is 1280 g/mol. The predicted octanol–water partition coefficient (Wildman–Crippen LogP) is 9.01. The summed E-state index contributed by atoms with van der Waals surface area (Å²) < 4.78 is 40.3. The van der Waals surface area contributed by atoms with Crippen LogP contribution in [0.3, 0.4) is 0 Å². The number of nitrogens with one attached hydrogen (secondary N) is 4. The highest BCUT2D eigenvalue weighted by Gasteiger charge is 2.52. The molecule has 0 saturated carbocycles. The van der Waals surface area contributed by atoms with Crippen LogP contribution in [0.4, 0.5) is 0 Å². The molecule has 22 nitrogen and oxygen atoms in total. The minimum absolute atomic E-state index is 0.00300. The lowest BCUT2D eigenvalue weighted by Crippen LogP contribution is -2.48. The van der Waals surface area contributed by atoms with Crippen LogP contribution in [0.5, 0.6) is 0 Å². The first kappa shape index (κ1) is 78.9. The van der Waals surface area contributed by atoms with Crippen LogP contribution in [-0.2, 0) is 92.5 Å². The highest BCUT2D eigenvalue weighted by atomic mass is 16.7. The number of unbranched alkanes of at least 4 members (excludes halogenated alkanes) is 9. The quantitative estimate of drug-likeness (QED) is 0.0205. The standard InChI is InChI=1S/C69H110N4O18/c1-11-51(35-45(2)3)65(80)85-33-25-16-17-26-34-86-68(83)55(37-47(6)7)72-60(77)40-59(76)70-32-24-23-31-54(67(82)89-42-50-28-20-18-21-29-50)71-61(78)41-62(79)73-56(38-48(8)9)69(84)91-58-44-88-63-57(43-87-64(58)63)90-66(81)52(36-46(4)5)39-53(75)30-22-15-13-12-14-19-27-49(10)74/h18,20-21,28-29,45-48,51-52,54-58,63-64H,11-17,19,22-27,30-44H2,1-10H3,(H,70,76)(H,71,78)(H,72,77)(H,73,79). The Morgan fingerprint density at radius 3 is 1.48 bits per heavy atom. The molecule has 0 radical (unpaired) electrons. The van der Waals surface area contributed by atoms with Gasteiger partial charge in [-0.2, -0.15) is 0 Å². The fourth-order valence-corrected chi connectivity index (χ4v) is 11.1. The van der Waals surface area contributed by atoms with Gasteiger partial charge in [-0.05, 0) is 126 Å². The summed E-state index contributed by atoms with van der Waals surface area (Å²) in [5.41, 5.74) is 0.704. The molecule has 0 bridgehead atoms. The van der Waals surface area contributed by atoms with Crippen LogP contribution in [0.15, 0.2) is 30.3 Å². The molecule has 1 aromatic rings. The average molecular weight is 1280 g/mol. The van der Waals surface area contributed by atoms with Gasteiger partial charge in [0.05, 0.1) is 38.3 Å². The van der Waals surface area contributed by atoms with Crippen molar-refractivity contribution in [3.05, 3.63) is 35.9 Å². The molecule has 3 rings (SSSR count). The van der Waals surface area contributed by atoms with E-state index in [4.69, 9.17) is 33.2 Å². The summed E-state index contributed by atoms with van der Waals surface area (Å²) in [4.78, 5) is 143. The summed E-state index contributed by atoms with van der Waals surface area (Å²) in [5.74, 6) is -5.78. The van der Waals surface area contributed by atoms with Gasteiger partial charge in [-0.3, -0.25) is 33.6 Å². The number of carbonyl (C=O) groups excluding carboxylic acids is 11. The van der Waals surface area contributed by atoms with E-state index < -0.39 is 109 Å². The summed E-state index contributed by atoms with van der Waals surface area (Å²) in [7, 11) is 0. The van der Waals surface area contributed by atoms with E-state index in [1.807, 2.05) is 54.5 Å². The van der Waals surface area contributed by atoms with Crippen molar-refractivity contribution < 1.29 is 85.9 Å². The van der Waals surface area contributed by atoms with E-state index >= 15 is 0 Å². The van der Waals surface area contributed by atoms with Crippen molar-refractivity contribution in [2.45, 2.75) is 266 Å². The maximum absolute atomic E-state index is 13.8. The van der Waals surface area contributed by atoms with Gasteiger partial charge in [0.15, 0.2) is 12.2 Å². The summed E-state index contributed by atoms with van der Waals surface area (Å²) >= 11 is 0. The van der Waals surface area contributed by atoms with Crippen LogP contribution in [0, 0.1) is 35.5 Å². The number of amides is 4. The Morgan fingerprint density at radius 1 is 0.484 bits per heavy atom. The lowest BCUT2D eigenvalue weighted by Gasteiger charge is -2.23. The van der Waals surface area contributed by atoms with Crippen LogP contribution < -0.4 is 21.3 Å². The SMILES string of the molecule is CCC(CC(C)C)C(=O)OCCCCCCOC(=O)C(CC(C)C)NC(=O)CC(=O)NCCCCC(NC(=O)CC(=O)NC(CC(C)C)C(=O)OC1COC2C(OC(=O)C(CC(=O)CCCCCCCCC(C)=O)CC(C)C)COC12)C(=O)OCc1ccccc1. The lowest BCUT2D eigenvalue weighted by molar-refractivity contribution is -0.161. The van der Waals surface area contributed by atoms with E-state index in [1.54, 1.807) is 31.2 Å². The number of fused-ring (bicyclic) bond motifs is 1. The minimum atomic E-state index is -1.20. The zero-order chi connectivity index (χ0) is 67.3. The molecule has 9 atom stereocenters. The maximum atomic E-state index is 13.8. The normalized spacial score (nSPS) is 17.7. The molecular formula is C69H110N4O18. The first-order chi connectivity index (χ1) is 43.3. The summed E-state index contributed by atoms with van der Waals surface area (Å²) in [6, 6.07) is 5.59. The molecule has 22 heteroatoms. The Balaban J connectivity index is 1.48. The van der Waals surface area contributed by atoms with Gasteiger partial charge >= 0.3 is 29.8 Å². The largest absolute Gasteiger partial charge is 0.465 e. The maximum Gasteiger partial charge on any atom is 0.329 e. The third-order valence-corrected chi connectivity index (χ3v) is 15.8. The number of ketones is 2. The number of esters is 5. The van der Waals surface area contributed by atoms with Crippen molar-refractivity contribution in [3.8, 4) is 0 Å². The number of benzene rings is 1. The Hall–Kier alpha value is -6.29. The molecule has 4 N–H and O–H groups in total.